The zero-order valence-electron chi connectivity index (χ0n) is 21.8. The summed E-state index contributed by atoms with van der Waals surface area (Å²) in [5.41, 5.74) is 4.96. The van der Waals surface area contributed by atoms with E-state index in [9.17, 15) is 5.21 Å². The number of aryl methyl sites for hydroxylation is 1. The van der Waals surface area contributed by atoms with Gasteiger partial charge in [0.25, 0.3) is 0 Å². The van der Waals surface area contributed by atoms with Gasteiger partial charge >= 0.3 is 0 Å². The number of rotatable bonds is 6. The molecule has 9 heteroatoms. The van der Waals surface area contributed by atoms with E-state index in [0.29, 0.717) is 62.5 Å². The molecule has 7 nitrogen and oxygen atoms in total. The lowest BCUT2D eigenvalue weighted by Crippen LogP contribution is -2.25. The fourth-order valence-electron chi connectivity index (χ4n) is 4.45. The van der Waals surface area contributed by atoms with Crippen molar-refractivity contribution >= 4 is 51.5 Å². The molecule has 1 aliphatic heterocycles. The highest BCUT2D eigenvalue weighted by Gasteiger charge is 2.35. The van der Waals surface area contributed by atoms with Crippen molar-refractivity contribution in [2.45, 2.75) is 13.5 Å². The zero-order valence-corrected chi connectivity index (χ0v) is 23.3. The van der Waals surface area contributed by atoms with Gasteiger partial charge in [-0.05, 0) is 60.5 Å². The number of benzene rings is 3. The average molecular weight is 581 g/mol. The molecule has 0 atom stereocenters. The summed E-state index contributed by atoms with van der Waals surface area (Å²) in [5.74, 6) is 1.64. The van der Waals surface area contributed by atoms with Crippen molar-refractivity contribution in [1.29, 1.82) is 0 Å². The Bertz CT molecular complexity index is 1850. The second kappa shape index (κ2) is 11.4. The standard InChI is InChI=1S/C32H22Cl2N4O3/c1-19-5-4-6-20(15-19)18-40-24-11-8-21(9-12-24)28(32-36-26-13-10-22(33)16-25(26)31(34)37-32)30-29(38-39)27(41-30)17-23-7-2-3-14-35-23/h2-17,39H,18H2,1H3/b27-17-,30-28-,38-29+. The van der Waals surface area contributed by atoms with Crippen molar-refractivity contribution in [1.82, 2.24) is 15.0 Å². The minimum atomic E-state index is 0.231. The maximum atomic E-state index is 9.96. The fourth-order valence-corrected chi connectivity index (χ4v) is 4.86. The number of fused-ring (bicyclic) bond motifs is 1. The first kappa shape index (κ1) is 26.5. The highest BCUT2D eigenvalue weighted by molar-refractivity contribution is 6.36. The van der Waals surface area contributed by atoms with Crippen LogP contribution in [0, 0.1) is 6.92 Å². The van der Waals surface area contributed by atoms with Crippen molar-refractivity contribution in [2.24, 2.45) is 5.16 Å². The van der Waals surface area contributed by atoms with Crippen molar-refractivity contribution in [3.8, 4) is 5.75 Å². The molecule has 0 unspecified atom stereocenters. The quantitative estimate of drug-likeness (QED) is 0.125. The normalized spacial score (nSPS) is 16.0. The molecule has 3 heterocycles. The van der Waals surface area contributed by atoms with E-state index < -0.39 is 0 Å². The minimum Gasteiger partial charge on any atom is -0.489 e. The van der Waals surface area contributed by atoms with Crippen LogP contribution in [-0.4, -0.2) is 25.9 Å². The summed E-state index contributed by atoms with van der Waals surface area (Å²) >= 11 is 12.7. The monoisotopic (exact) mass is 580 g/mol. The largest absolute Gasteiger partial charge is 0.489 e. The molecule has 1 N–H and O–H groups in total. The van der Waals surface area contributed by atoms with E-state index in [0.717, 1.165) is 5.56 Å². The van der Waals surface area contributed by atoms with Crippen LogP contribution in [-0.2, 0) is 11.3 Å². The van der Waals surface area contributed by atoms with Gasteiger partial charge in [0.2, 0.25) is 0 Å². The Morgan fingerprint density at radius 2 is 1.83 bits per heavy atom. The van der Waals surface area contributed by atoms with E-state index in [2.05, 4.69) is 21.2 Å². The lowest BCUT2D eigenvalue weighted by atomic mass is 9.97. The number of aromatic nitrogens is 3. The summed E-state index contributed by atoms with van der Waals surface area (Å²) < 4.78 is 12.1. The number of hydrogen-bond acceptors (Lipinski definition) is 7. The molecule has 0 saturated carbocycles. The van der Waals surface area contributed by atoms with E-state index in [-0.39, 0.29) is 10.9 Å². The Morgan fingerprint density at radius 3 is 2.59 bits per heavy atom. The SMILES string of the molecule is Cc1cccc(COc2ccc(/C(=C3/OC(=C\c4ccccn4)/C3=N\O)c3nc(Cl)c4cc(Cl)ccc4n3)cc2)c1. The van der Waals surface area contributed by atoms with Crippen LogP contribution in [0.25, 0.3) is 22.6 Å². The predicted molar refractivity (Wildman–Crippen MR) is 160 cm³/mol. The third-order valence-electron chi connectivity index (χ3n) is 6.42. The summed E-state index contributed by atoms with van der Waals surface area (Å²) in [6.07, 6.45) is 3.36. The van der Waals surface area contributed by atoms with Crippen LogP contribution >= 0.6 is 23.2 Å². The molecule has 0 spiro atoms. The highest BCUT2D eigenvalue weighted by atomic mass is 35.5. The van der Waals surface area contributed by atoms with Gasteiger partial charge in [-0.25, -0.2) is 9.97 Å². The van der Waals surface area contributed by atoms with Crippen LogP contribution in [0.3, 0.4) is 0 Å². The molecule has 1 saturated heterocycles. The molecule has 1 aliphatic rings. The van der Waals surface area contributed by atoms with Crippen LogP contribution in [0.2, 0.25) is 10.2 Å². The summed E-state index contributed by atoms with van der Waals surface area (Å²) in [7, 11) is 0. The van der Waals surface area contributed by atoms with E-state index in [1.807, 2.05) is 67.6 Å². The molecule has 3 aromatic carbocycles. The van der Waals surface area contributed by atoms with E-state index >= 15 is 0 Å². The van der Waals surface area contributed by atoms with E-state index in [4.69, 9.17) is 37.7 Å². The zero-order chi connectivity index (χ0) is 28.3. The summed E-state index contributed by atoms with van der Waals surface area (Å²) in [6.45, 7) is 2.49. The lowest BCUT2D eigenvalue weighted by molar-refractivity contribution is 0.276. The van der Waals surface area contributed by atoms with Crippen LogP contribution in [0.1, 0.15) is 28.2 Å². The molecule has 0 amide bonds. The molecule has 2 aromatic heterocycles. The van der Waals surface area contributed by atoms with E-state index in [1.165, 1.54) is 5.56 Å². The second-order valence-corrected chi connectivity index (χ2v) is 10.1. The third kappa shape index (κ3) is 5.63. The summed E-state index contributed by atoms with van der Waals surface area (Å²) in [6, 6.07) is 26.3. The summed E-state index contributed by atoms with van der Waals surface area (Å²) in [4.78, 5) is 13.6. The molecular formula is C32H22Cl2N4O3. The Kier molecular flexibility index (Phi) is 7.37. The van der Waals surface area contributed by atoms with Crippen LogP contribution < -0.4 is 4.74 Å². The lowest BCUT2D eigenvalue weighted by Gasteiger charge is -2.27. The smallest absolute Gasteiger partial charge is 0.188 e. The molecule has 202 valence electrons. The van der Waals surface area contributed by atoms with Gasteiger partial charge in [0, 0.05) is 22.7 Å². The maximum absolute atomic E-state index is 9.96. The number of oxime groups is 1. The van der Waals surface area contributed by atoms with Crippen LogP contribution in [0.5, 0.6) is 5.75 Å². The molecule has 1 fully saturated rings. The molecular weight excluding hydrogens is 559 g/mol. The molecule has 41 heavy (non-hydrogen) atoms. The maximum Gasteiger partial charge on any atom is 0.188 e. The number of ether oxygens (including phenoxy) is 2. The van der Waals surface area contributed by atoms with Gasteiger partial charge in [-0.15, -0.1) is 0 Å². The van der Waals surface area contributed by atoms with Gasteiger partial charge in [0.15, 0.2) is 23.1 Å². The topological polar surface area (TPSA) is 89.7 Å². The van der Waals surface area contributed by atoms with Crippen LogP contribution in [0.4, 0.5) is 0 Å². The Balaban J connectivity index is 1.40. The molecule has 6 rings (SSSR count). The number of halogens is 2. The number of nitrogens with zero attached hydrogens (tertiary/aromatic N) is 4. The second-order valence-electron chi connectivity index (χ2n) is 9.32. The third-order valence-corrected chi connectivity index (χ3v) is 6.94. The van der Waals surface area contributed by atoms with E-state index in [1.54, 1.807) is 30.5 Å². The van der Waals surface area contributed by atoms with Crippen molar-refractivity contribution < 1.29 is 14.7 Å². The Hall–Kier alpha value is -4.72. The van der Waals surface area contributed by atoms with Crippen molar-refractivity contribution in [3.63, 3.8) is 0 Å². The van der Waals surface area contributed by atoms with Gasteiger partial charge in [0.05, 0.1) is 16.8 Å². The van der Waals surface area contributed by atoms with Crippen molar-refractivity contribution in [3.05, 3.63) is 141 Å². The first-order chi connectivity index (χ1) is 20.0. The first-order valence-electron chi connectivity index (χ1n) is 12.7. The van der Waals surface area contributed by atoms with Gasteiger partial charge in [0.1, 0.15) is 17.5 Å². The summed E-state index contributed by atoms with van der Waals surface area (Å²) in [5, 5.41) is 14.8. The van der Waals surface area contributed by atoms with Gasteiger partial charge in [-0.3, -0.25) is 4.98 Å². The van der Waals surface area contributed by atoms with Crippen LogP contribution in [0.15, 0.2) is 108 Å². The fraction of sp³-hybridized carbons (Fsp3) is 0.0625. The first-order valence-corrected chi connectivity index (χ1v) is 13.4. The van der Waals surface area contributed by atoms with Gasteiger partial charge in [-0.2, -0.15) is 0 Å². The Labute approximate surface area is 246 Å². The molecule has 0 aliphatic carbocycles. The predicted octanol–water partition coefficient (Wildman–Crippen LogP) is 7.88. The van der Waals surface area contributed by atoms with Crippen molar-refractivity contribution in [2.75, 3.05) is 0 Å². The van der Waals surface area contributed by atoms with Gasteiger partial charge in [-0.1, -0.05) is 76.4 Å². The molecule has 5 aromatic rings. The van der Waals surface area contributed by atoms with Gasteiger partial charge < -0.3 is 14.7 Å². The number of hydrogen-bond donors (Lipinski definition) is 1. The minimum absolute atomic E-state index is 0.231. The Morgan fingerprint density at radius 1 is 0.976 bits per heavy atom. The number of pyridine rings is 1. The molecule has 0 bridgehead atoms. The molecule has 0 radical (unpaired) electrons. The highest BCUT2D eigenvalue weighted by Crippen LogP contribution is 2.38. The average Bonchev–Trinajstić information content (AvgIpc) is 2.97.